The summed E-state index contributed by atoms with van der Waals surface area (Å²) in [6.07, 6.45) is 1.76. The van der Waals surface area contributed by atoms with Gasteiger partial charge < -0.3 is 5.32 Å². The molecule has 5 nitrogen and oxygen atoms in total. The van der Waals surface area contributed by atoms with Gasteiger partial charge in [0.1, 0.15) is 6.04 Å². The maximum Gasteiger partial charge on any atom is 0.244 e. The first-order valence-corrected chi connectivity index (χ1v) is 5.25. The zero-order valence-electron chi connectivity index (χ0n) is 8.36. The fourth-order valence-electron chi connectivity index (χ4n) is 0.991. The molecule has 0 aliphatic heterocycles. The van der Waals surface area contributed by atoms with Crippen molar-refractivity contribution in [2.45, 2.75) is 24.7 Å². The van der Waals surface area contributed by atoms with Crippen molar-refractivity contribution in [3.8, 4) is 0 Å². The highest BCUT2D eigenvalue weighted by atomic mass is 79.9. The number of alkyl halides is 1. The normalized spacial score (nSPS) is 14.9. The standard InChI is InChI=1S/C8H13BrN4O/c1-5(9)7-4-13(12-11-7)6(2)8(14)10-3/h4-6H,1-3H3,(H,10,14). The third-order valence-electron chi connectivity index (χ3n) is 1.96. The summed E-state index contributed by atoms with van der Waals surface area (Å²) >= 11 is 3.38. The minimum atomic E-state index is -0.326. The maximum atomic E-state index is 11.3. The number of rotatable bonds is 3. The molecular weight excluding hydrogens is 248 g/mol. The van der Waals surface area contributed by atoms with Gasteiger partial charge in [0.15, 0.2) is 0 Å². The zero-order chi connectivity index (χ0) is 10.7. The predicted molar refractivity (Wildman–Crippen MR) is 56.1 cm³/mol. The minimum Gasteiger partial charge on any atom is -0.357 e. The molecule has 0 bridgehead atoms. The van der Waals surface area contributed by atoms with Gasteiger partial charge in [-0.2, -0.15) is 0 Å². The number of hydrogen-bond acceptors (Lipinski definition) is 3. The molecule has 0 aliphatic carbocycles. The van der Waals surface area contributed by atoms with Crippen LogP contribution in [0.3, 0.4) is 0 Å². The third kappa shape index (κ3) is 2.31. The molecule has 0 aromatic carbocycles. The average molecular weight is 261 g/mol. The van der Waals surface area contributed by atoms with Crippen LogP contribution in [-0.4, -0.2) is 27.9 Å². The van der Waals surface area contributed by atoms with Crippen molar-refractivity contribution in [2.75, 3.05) is 7.05 Å². The molecule has 2 atom stereocenters. The van der Waals surface area contributed by atoms with E-state index < -0.39 is 0 Å². The quantitative estimate of drug-likeness (QED) is 0.827. The molecule has 1 aromatic rings. The molecule has 0 radical (unpaired) electrons. The number of likely N-dealkylation sites (N-methyl/N-ethyl adjacent to an activating group) is 1. The Balaban J connectivity index is 2.81. The van der Waals surface area contributed by atoms with Crippen molar-refractivity contribution in [2.24, 2.45) is 0 Å². The Hall–Kier alpha value is -0.910. The Labute approximate surface area is 91.0 Å². The van der Waals surface area contributed by atoms with Crippen LogP contribution in [0, 0.1) is 0 Å². The fourth-order valence-corrected chi connectivity index (χ4v) is 1.20. The largest absolute Gasteiger partial charge is 0.357 e. The van der Waals surface area contributed by atoms with Crippen LogP contribution in [0.5, 0.6) is 0 Å². The Bertz CT molecular complexity index is 323. The van der Waals surface area contributed by atoms with Crippen LogP contribution in [0.1, 0.15) is 30.4 Å². The topological polar surface area (TPSA) is 59.8 Å². The smallest absolute Gasteiger partial charge is 0.244 e. The molecule has 0 aliphatic rings. The van der Waals surface area contributed by atoms with Gasteiger partial charge in [-0.3, -0.25) is 4.79 Å². The highest BCUT2D eigenvalue weighted by Crippen LogP contribution is 2.19. The number of halogens is 1. The molecule has 0 spiro atoms. The first-order chi connectivity index (χ1) is 6.56. The molecule has 1 N–H and O–H groups in total. The number of carbonyl (C=O) groups excluding carboxylic acids is 1. The molecule has 0 saturated heterocycles. The molecule has 14 heavy (non-hydrogen) atoms. The van der Waals surface area contributed by atoms with Gasteiger partial charge in [-0.25, -0.2) is 4.68 Å². The lowest BCUT2D eigenvalue weighted by Crippen LogP contribution is -2.28. The number of nitrogens with zero attached hydrogens (tertiary/aromatic N) is 3. The first-order valence-electron chi connectivity index (χ1n) is 4.33. The van der Waals surface area contributed by atoms with Gasteiger partial charge >= 0.3 is 0 Å². The van der Waals surface area contributed by atoms with E-state index in [0.717, 1.165) is 5.69 Å². The number of aromatic nitrogens is 3. The van der Waals surface area contributed by atoms with E-state index in [9.17, 15) is 4.79 Å². The number of amides is 1. The van der Waals surface area contributed by atoms with E-state index in [-0.39, 0.29) is 16.8 Å². The lowest BCUT2D eigenvalue weighted by Gasteiger charge is -2.08. The summed E-state index contributed by atoms with van der Waals surface area (Å²) < 4.78 is 1.55. The van der Waals surface area contributed by atoms with E-state index in [1.807, 2.05) is 6.92 Å². The third-order valence-corrected chi connectivity index (χ3v) is 2.43. The minimum absolute atomic E-state index is 0.0799. The molecule has 0 fully saturated rings. The Morgan fingerprint density at radius 1 is 1.64 bits per heavy atom. The predicted octanol–water partition coefficient (Wildman–Crippen LogP) is 1.04. The lowest BCUT2D eigenvalue weighted by molar-refractivity contribution is -0.123. The second-order valence-corrected chi connectivity index (χ2v) is 4.40. The maximum absolute atomic E-state index is 11.3. The van der Waals surface area contributed by atoms with E-state index in [2.05, 4.69) is 31.6 Å². The molecule has 2 unspecified atom stereocenters. The summed E-state index contributed by atoms with van der Waals surface area (Å²) in [7, 11) is 1.60. The average Bonchev–Trinajstić information content (AvgIpc) is 2.64. The van der Waals surface area contributed by atoms with Crippen molar-refractivity contribution >= 4 is 21.8 Å². The SMILES string of the molecule is CNC(=O)C(C)n1cc(C(C)Br)nn1. The highest BCUT2D eigenvalue weighted by molar-refractivity contribution is 9.09. The van der Waals surface area contributed by atoms with Crippen LogP contribution in [0.25, 0.3) is 0 Å². The highest BCUT2D eigenvalue weighted by Gasteiger charge is 2.16. The number of nitrogens with one attached hydrogen (secondary N) is 1. The summed E-state index contributed by atoms with van der Waals surface area (Å²) in [4.78, 5) is 11.4. The fraction of sp³-hybridized carbons (Fsp3) is 0.625. The molecule has 1 amide bonds. The summed E-state index contributed by atoms with van der Waals surface area (Å²) in [5.74, 6) is -0.0799. The van der Waals surface area contributed by atoms with Crippen LogP contribution in [0.4, 0.5) is 0 Å². The molecule has 78 valence electrons. The van der Waals surface area contributed by atoms with Crippen molar-refractivity contribution in [1.29, 1.82) is 0 Å². The van der Waals surface area contributed by atoms with Crippen LogP contribution >= 0.6 is 15.9 Å². The van der Waals surface area contributed by atoms with Gasteiger partial charge in [-0.15, -0.1) is 5.10 Å². The van der Waals surface area contributed by atoms with Crippen LogP contribution in [0.2, 0.25) is 0 Å². The van der Waals surface area contributed by atoms with Gasteiger partial charge in [0, 0.05) is 7.05 Å². The van der Waals surface area contributed by atoms with Crippen LogP contribution in [0.15, 0.2) is 6.20 Å². The summed E-state index contributed by atoms with van der Waals surface area (Å²) in [5.41, 5.74) is 0.820. The first kappa shape index (κ1) is 11.2. The molecule has 0 saturated carbocycles. The van der Waals surface area contributed by atoms with Gasteiger partial charge in [-0.1, -0.05) is 21.1 Å². The zero-order valence-corrected chi connectivity index (χ0v) is 9.95. The molecule has 1 rings (SSSR count). The van der Waals surface area contributed by atoms with Crippen molar-refractivity contribution < 1.29 is 4.79 Å². The van der Waals surface area contributed by atoms with E-state index in [0.29, 0.717) is 0 Å². The van der Waals surface area contributed by atoms with E-state index >= 15 is 0 Å². The van der Waals surface area contributed by atoms with Crippen molar-refractivity contribution in [3.63, 3.8) is 0 Å². The molecule has 6 heteroatoms. The second kappa shape index (κ2) is 4.54. The Morgan fingerprint density at radius 3 is 2.71 bits per heavy atom. The van der Waals surface area contributed by atoms with Crippen molar-refractivity contribution in [1.82, 2.24) is 20.3 Å². The lowest BCUT2D eigenvalue weighted by atomic mass is 10.3. The van der Waals surface area contributed by atoms with Crippen LogP contribution < -0.4 is 5.32 Å². The Kier molecular flexibility index (Phi) is 3.62. The van der Waals surface area contributed by atoms with E-state index in [1.54, 1.807) is 24.9 Å². The number of carbonyl (C=O) groups is 1. The summed E-state index contributed by atoms with van der Waals surface area (Å²) in [6.45, 7) is 3.73. The number of hydrogen-bond donors (Lipinski definition) is 1. The second-order valence-electron chi connectivity index (χ2n) is 3.03. The van der Waals surface area contributed by atoms with Gasteiger partial charge in [0.25, 0.3) is 0 Å². The van der Waals surface area contributed by atoms with E-state index in [4.69, 9.17) is 0 Å². The summed E-state index contributed by atoms with van der Waals surface area (Å²) in [5, 5.41) is 10.4. The molecule has 1 heterocycles. The molecular formula is C8H13BrN4O. The summed E-state index contributed by atoms with van der Waals surface area (Å²) in [6, 6.07) is -0.326. The van der Waals surface area contributed by atoms with Gasteiger partial charge in [0.05, 0.1) is 16.7 Å². The Morgan fingerprint density at radius 2 is 2.29 bits per heavy atom. The van der Waals surface area contributed by atoms with Gasteiger partial charge in [-0.05, 0) is 13.8 Å². The monoisotopic (exact) mass is 260 g/mol. The van der Waals surface area contributed by atoms with E-state index in [1.165, 1.54) is 0 Å². The van der Waals surface area contributed by atoms with Crippen LogP contribution in [-0.2, 0) is 4.79 Å². The molecule has 1 aromatic heterocycles. The van der Waals surface area contributed by atoms with Gasteiger partial charge in [0.2, 0.25) is 5.91 Å². The van der Waals surface area contributed by atoms with Crippen molar-refractivity contribution in [3.05, 3.63) is 11.9 Å².